The van der Waals surface area contributed by atoms with Crippen LogP contribution < -0.4 is 5.32 Å². The molecule has 0 radical (unpaired) electrons. The first-order chi connectivity index (χ1) is 10.3. The highest BCUT2D eigenvalue weighted by Gasteiger charge is 2.11. The van der Waals surface area contributed by atoms with Gasteiger partial charge >= 0.3 is 0 Å². The number of hydrogen-bond donors (Lipinski definition) is 1. The van der Waals surface area contributed by atoms with E-state index in [2.05, 4.69) is 22.6 Å². The van der Waals surface area contributed by atoms with Crippen LogP contribution in [0.15, 0.2) is 41.1 Å². The van der Waals surface area contributed by atoms with E-state index in [1.165, 1.54) is 0 Å². The fourth-order valence-electron chi connectivity index (χ4n) is 2.23. The molecule has 0 saturated heterocycles. The van der Waals surface area contributed by atoms with Crippen LogP contribution in [0.2, 0.25) is 0 Å². The average Bonchev–Trinajstić information content (AvgIpc) is 3.01. The number of anilines is 1. The number of nitrogens with zero attached hydrogens (tertiary/aromatic N) is 2. The number of fused-ring (bicyclic) bond motifs is 1. The van der Waals surface area contributed by atoms with Crippen LogP contribution in [0.4, 0.5) is 5.82 Å². The van der Waals surface area contributed by atoms with Crippen LogP contribution >= 0.6 is 11.3 Å². The fraction of sp³-hybridized carbons (Fsp3) is 0.250. The van der Waals surface area contributed by atoms with Crippen molar-refractivity contribution in [2.45, 2.75) is 13.0 Å². The molecule has 3 rings (SSSR count). The van der Waals surface area contributed by atoms with Crippen molar-refractivity contribution in [1.29, 1.82) is 0 Å². The van der Waals surface area contributed by atoms with E-state index in [0.29, 0.717) is 6.61 Å². The lowest BCUT2D eigenvalue weighted by Gasteiger charge is -2.15. The first-order valence-corrected chi connectivity index (χ1v) is 7.77. The Labute approximate surface area is 127 Å². The van der Waals surface area contributed by atoms with E-state index in [1.54, 1.807) is 18.4 Å². The van der Waals surface area contributed by atoms with E-state index >= 15 is 0 Å². The van der Waals surface area contributed by atoms with E-state index in [4.69, 9.17) is 9.72 Å². The molecule has 1 N–H and O–H groups in total. The van der Waals surface area contributed by atoms with Gasteiger partial charge in [0.25, 0.3) is 0 Å². The second kappa shape index (κ2) is 6.20. The molecule has 1 unspecified atom stereocenters. The maximum atomic E-state index is 5.19. The van der Waals surface area contributed by atoms with E-state index in [1.807, 2.05) is 35.7 Å². The minimum Gasteiger partial charge on any atom is -0.383 e. The second-order valence-electron chi connectivity index (χ2n) is 4.93. The predicted molar refractivity (Wildman–Crippen MR) is 87.8 cm³/mol. The molecule has 3 aromatic rings. The SMILES string of the molecule is COCC(C)Nc1nc(-c2ccsc2)nc2ccccc12. The zero-order valence-corrected chi connectivity index (χ0v) is 12.9. The Morgan fingerprint density at radius 3 is 2.86 bits per heavy atom. The lowest BCUT2D eigenvalue weighted by molar-refractivity contribution is 0.190. The molecule has 0 aliphatic heterocycles. The van der Waals surface area contributed by atoms with Gasteiger partial charge in [0.05, 0.1) is 12.1 Å². The third kappa shape index (κ3) is 3.04. The Balaban J connectivity index is 2.07. The molecule has 0 bridgehead atoms. The Morgan fingerprint density at radius 2 is 2.10 bits per heavy atom. The van der Waals surface area contributed by atoms with Gasteiger partial charge in [0, 0.05) is 29.5 Å². The summed E-state index contributed by atoms with van der Waals surface area (Å²) >= 11 is 1.65. The topological polar surface area (TPSA) is 47.0 Å². The van der Waals surface area contributed by atoms with E-state index < -0.39 is 0 Å². The predicted octanol–water partition coefficient (Wildman–Crippen LogP) is 3.81. The molecule has 0 aliphatic rings. The molecule has 0 amide bonds. The normalized spacial score (nSPS) is 12.5. The molecular weight excluding hydrogens is 282 g/mol. The van der Waals surface area contributed by atoms with Crippen molar-refractivity contribution in [1.82, 2.24) is 9.97 Å². The Morgan fingerprint density at radius 1 is 1.24 bits per heavy atom. The molecule has 0 saturated carbocycles. The van der Waals surface area contributed by atoms with Crippen molar-refractivity contribution in [3.8, 4) is 11.4 Å². The molecule has 4 nitrogen and oxygen atoms in total. The lowest BCUT2D eigenvalue weighted by Crippen LogP contribution is -2.21. The summed E-state index contributed by atoms with van der Waals surface area (Å²) in [5.41, 5.74) is 1.99. The summed E-state index contributed by atoms with van der Waals surface area (Å²) < 4.78 is 5.19. The Kier molecular flexibility index (Phi) is 4.13. The standard InChI is InChI=1S/C16H17N3OS/c1-11(9-20-2)17-16-13-5-3-4-6-14(13)18-15(19-16)12-7-8-21-10-12/h3-8,10-11H,9H2,1-2H3,(H,17,18,19). The van der Waals surface area contributed by atoms with Gasteiger partial charge in [-0.15, -0.1) is 0 Å². The van der Waals surface area contributed by atoms with Crippen LogP contribution in [0.3, 0.4) is 0 Å². The number of rotatable bonds is 5. The first kappa shape index (κ1) is 14.0. The van der Waals surface area contributed by atoms with E-state index in [0.717, 1.165) is 28.1 Å². The zero-order valence-electron chi connectivity index (χ0n) is 12.0. The third-order valence-electron chi connectivity index (χ3n) is 3.18. The van der Waals surface area contributed by atoms with Gasteiger partial charge in [-0.3, -0.25) is 0 Å². The minimum atomic E-state index is 0.184. The van der Waals surface area contributed by atoms with Gasteiger partial charge in [-0.25, -0.2) is 9.97 Å². The number of ether oxygens (including phenoxy) is 1. The zero-order chi connectivity index (χ0) is 14.7. The fourth-order valence-corrected chi connectivity index (χ4v) is 2.87. The summed E-state index contributed by atoms with van der Waals surface area (Å²) in [6.07, 6.45) is 0. The molecule has 1 aromatic carbocycles. The molecule has 0 fully saturated rings. The molecule has 0 spiro atoms. The molecule has 1 atom stereocenters. The number of benzene rings is 1. The molecule has 108 valence electrons. The summed E-state index contributed by atoms with van der Waals surface area (Å²) in [4.78, 5) is 9.35. The maximum absolute atomic E-state index is 5.19. The van der Waals surface area contributed by atoms with Crippen molar-refractivity contribution in [2.75, 3.05) is 19.0 Å². The van der Waals surface area contributed by atoms with Crippen LogP contribution in [0.5, 0.6) is 0 Å². The van der Waals surface area contributed by atoms with Crippen molar-refractivity contribution in [3.63, 3.8) is 0 Å². The molecule has 2 aromatic heterocycles. The minimum absolute atomic E-state index is 0.184. The van der Waals surface area contributed by atoms with Crippen LogP contribution in [0, 0.1) is 0 Å². The number of nitrogens with one attached hydrogen (secondary N) is 1. The van der Waals surface area contributed by atoms with Gasteiger partial charge in [0.1, 0.15) is 5.82 Å². The number of methoxy groups -OCH3 is 1. The van der Waals surface area contributed by atoms with Gasteiger partial charge in [0.2, 0.25) is 0 Å². The van der Waals surface area contributed by atoms with Gasteiger partial charge in [-0.2, -0.15) is 11.3 Å². The lowest BCUT2D eigenvalue weighted by atomic mass is 10.2. The third-order valence-corrected chi connectivity index (χ3v) is 3.87. The largest absolute Gasteiger partial charge is 0.383 e. The monoisotopic (exact) mass is 299 g/mol. The summed E-state index contributed by atoms with van der Waals surface area (Å²) in [5.74, 6) is 1.61. The van der Waals surface area contributed by atoms with Crippen molar-refractivity contribution in [2.24, 2.45) is 0 Å². The maximum Gasteiger partial charge on any atom is 0.162 e. The van der Waals surface area contributed by atoms with E-state index in [-0.39, 0.29) is 6.04 Å². The smallest absolute Gasteiger partial charge is 0.162 e. The van der Waals surface area contributed by atoms with Gasteiger partial charge in [-0.1, -0.05) is 12.1 Å². The highest BCUT2D eigenvalue weighted by atomic mass is 32.1. The second-order valence-corrected chi connectivity index (χ2v) is 5.71. The highest BCUT2D eigenvalue weighted by molar-refractivity contribution is 7.08. The Bertz CT molecular complexity index is 727. The van der Waals surface area contributed by atoms with Gasteiger partial charge in [0.15, 0.2) is 5.82 Å². The quantitative estimate of drug-likeness (QED) is 0.778. The number of para-hydroxylation sites is 1. The Hall–Kier alpha value is -1.98. The molecule has 0 aliphatic carbocycles. The van der Waals surface area contributed by atoms with Crippen molar-refractivity contribution < 1.29 is 4.74 Å². The van der Waals surface area contributed by atoms with E-state index in [9.17, 15) is 0 Å². The number of thiophene rings is 1. The molecule has 21 heavy (non-hydrogen) atoms. The summed E-state index contributed by atoms with van der Waals surface area (Å²) in [6, 6.07) is 10.3. The summed E-state index contributed by atoms with van der Waals surface area (Å²) in [5, 5.41) is 8.54. The molecule has 5 heteroatoms. The summed E-state index contributed by atoms with van der Waals surface area (Å²) in [6.45, 7) is 2.71. The van der Waals surface area contributed by atoms with Crippen LogP contribution in [-0.2, 0) is 4.74 Å². The first-order valence-electron chi connectivity index (χ1n) is 6.83. The van der Waals surface area contributed by atoms with Crippen LogP contribution in [0.25, 0.3) is 22.3 Å². The average molecular weight is 299 g/mol. The van der Waals surface area contributed by atoms with Crippen LogP contribution in [-0.4, -0.2) is 29.7 Å². The van der Waals surface area contributed by atoms with Crippen molar-refractivity contribution >= 4 is 28.1 Å². The van der Waals surface area contributed by atoms with Crippen molar-refractivity contribution in [3.05, 3.63) is 41.1 Å². The molecule has 2 heterocycles. The molecular formula is C16H17N3OS. The summed E-state index contributed by atoms with van der Waals surface area (Å²) in [7, 11) is 1.70. The number of aromatic nitrogens is 2. The van der Waals surface area contributed by atoms with Crippen LogP contribution in [0.1, 0.15) is 6.92 Å². The van der Waals surface area contributed by atoms with Gasteiger partial charge < -0.3 is 10.1 Å². The number of hydrogen-bond acceptors (Lipinski definition) is 5. The highest BCUT2D eigenvalue weighted by Crippen LogP contribution is 2.26. The van der Waals surface area contributed by atoms with Gasteiger partial charge in [-0.05, 0) is 30.5 Å².